The summed E-state index contributed by atoms with van der Waals surface area (Å²) in [4.78, 5) is 32.1. The summed E-state index contributed by atoms with van der Waals surface area (Å²) in [5.41, 5.74) is 1.23. The number of ketones is 1. The number of nitrogens with zero attached hydrogens (tertiary/aromatic N) is 2. The van der Waals surface area contributed by atoms with Crippen molar-refractivity contribution in [1.29, 1.82) is 0 Å². The Morgan fingerprint density at radius 3 is 2.61 bits per heavy atom. The number of ether oxygens (including phenoxy) is 3. The highest BCUT2D eigenvalue weighted by Crippen LogP contribution is 2.43. The summed E-state index contributed by atoms with van der Waals surface area (Å²) < 4.78 is 16.2. The number of carbonyl (C=O) groups is 2. The molecular formula is C25H20N2O6. The fourth-order valence-electron chi connectivity index (χ4n) is 3.99. The van der Waals surface area contributed by atoms with Gasteiger partial charge in [-0.2, -0.15) is 0 Å². The second-order valence-corrected chi connectivity index (χ2v) is 7.42. The van der Waals surface area contributed by atoms with E-state index in [1.165, 1.54) is 4.90 Å². The summed E-state index contributed by atoms with van der Waals surface area (Å²) >= 11 is 0. The molecule has 5 rings (SSSR count). The van der Waals surface area contributed by atoms with Gasteiger partial charge in [0.25, 0.3) is 11.7 Å². The van der Waals surface area contributed by atoms with E-state index in [1.807, 2.05) is 6.92 Å². The fraction of sp³-hybridized carbons (Fsp3) is 0.160. The van der Waals surface area contributed by atoms with E-state index in [0.29, 0.717) is 40.8 Å². The lowest BCUT2D eigenvalue weighted by Crippen LogP contribution is -2.29. The first kappa shape index (κ1) is 20.6. The van der Waals surface area contributed by atoms with Gasteiger partial charge in [0.2, 0.25) is 6.79 Å². The average molecular weight is 444 g/mol. The monoisotopic (exact) mass is 444 g/mol. The van der Waals surface area contributed by atoms with Crippen LogP contribution in [-0.2, 0) is 9.59 Å². The van der Waals surface area contributed by atoms with Gasteiger partial charge in [-0.1, -0.05) is 6.07 Å². The molecule has 0 saturated carbocycles. The molecule has 1 aromatic heterocycles. The van der Waals surface area contributed by atoms with Crippen LogP contribution in [0.3, 0.4) is 0 Å². The first-order chi connectivity index (χ1) is 16.1. The molecule has 1 amide bonds. The first-order valence-corrected chi connectivity index (χ1v) is 10.4. The van der Waals surface area contributed by atoms with Gasteiger partial charge in [-0.15, -0.1) is 0 Å². The van der Waals surface area contributed by atoms with E-state index in [0.717, 1.165) is 0 Å². The summed E-state index contributed by atoms with van der Waals surface area (Å²) in [7, 11) is 0. The van der Waals surface area contributed by atoms with Crippen LogP contribution >= 0.6 is 0 Å². The SMILES string of the molecule is CCOc1ccc(N2C(=O)C(=O)/C(=C(\O)c3ccc4c(c3)OCO4)C2c2ccccn2)cc1. The number of aliphatic hydroxyl groups excluding tert-OH is 1. The number of hydrogen-bond acceptors (Lipinski definition) is 7. The van der Waals surface area contributed by atoms with Crippen molar-refractivity contribution in [3.63, 3.8) is 0 Å². The Morgan fingerprint density at radius 1 is 1.09 bits per heavy atom. The van der Waals surface area contributed by atoms with Gasteiger partial charge in [0.15, 0.2) is 11.5 Å². The number of rotatable bonds is 5. The van der Waals surface area contributed by atoms with Crippen LogP contribution in [0.25, 0.3) is 5.76 Å². The predicted octanol–water partition coefficient (Wildman–Crippen LogP) is 3.84. The largest absolute Gasteiger partial charge is 0.507 e. The van der Waals surface area contributed by atoms with Gasteiger partial charge in [-0.25, -0.2) is 0 Å². The van der Waals surface area contributed by atoms with Crippen LogP contribution in [0.4, 0.5) is 5.69 Å². The molecule has 3 heterocycles. The molecule has 8 heteroatoms. The summed E-state index contributed by atoms with van der Waals surface area (Å²) in [6.45, 7) is 2.46. The molecule has 0 bridgehead atoms. The van der Waals surface area contributed by atoms with Crippen molar-refractivity contribution in [1.82, 2.24) is 4.98 Å². The van der Waals surface area contributed by atoms with Crippen LogP contribution in [0.5, 0.6) is 17.2 Å². The topological polar surface area (TPSA) is 98.2 Å². The molecule has 2 aromatic carbocycles. The molecule has 1 atom stereocenters. The van der Waals surface area contributed by atoms with E-state index in [1.54, 1.807) is 66.9 Å². The molecule has 1 saturated heterocycles. The Kier molecular flexibility index (Phi) is 5.18. The molecule has 1 fully saturated rings. The second-order valence-electron chi connectivity index (χ2n) is 7.42. The molecule has 0 radical (unpaired) electrons. The normalized spacial score (nSPS) is 18.6. The number of hydrogen-bond donors (Lipinski definition) is 1. The number of anilines is 1. The summed E-state index contributed by atoms with van der Waals surface area (Å²) in [6, 6.07) is 16.0. The molecule has 2 aliphatic rings. The standard InChI is InChI=1S/C25H20N2O6/c1-2-31-17-9-7-16(8-10-17)27-22(18-5-3-4-12-26-18)21(24(29)25(27)30)23(28)15-6-11-19-20(13-15)33-14-32-19/h3-13,22,28H,2,14H2,1H3/b23-21-. The quantitative estimate of drug-likeness (QED) is 0.363. The Morgan fingerprint density at radius 2 is 1.88 bits per heavy atom. The maximum Gasteiger partial charge on any atom is 0.300 e. The molecule has 0 spiro atoms. The lowest BCUT2D eigenvalue weighted by atomic mass is 9.98. The van der Waals surface area contributed by atoms with E-state index >= 15 is 0 Å². The number of aromatic nitrogens is 1. The molecule has 8 nitrogen and oxygen atoms in total. The summed E-state index contributed by atoms with van der Waals surface area (Å²) in [6.07, 6.45) is 1.58. The first-order valence-electron chi connectivity index (χ1n) is 10.4. The van der Waals surface area contributed by atoms with Crippen molar-refractivity contribution in [2.75, 3.05) is 18.3 Å². The average Bonchev–Trinajstić information content (AvgIpc) is 3.42. The predicted molar refractivity (Wildman–Crippen MR) is 119 cm³/mol. The molecule has 0 aliphatic carbocycles. The third-order valence-corrected chi connectivity index (χ3v) is 5.48. The highest BCUT2D eigenvalue weighted by atomic mass is 16.7. The zero-order chi connectivity index (χ0) is 22.9. The van der Waals surface area contributed by atoms with E-state index in [9.17, 15) is 14.7 Å². The van der Waals surface area contributed by atoms with Gasteiger partial charge in [-0.05, 0) is 61.5 Å². The number of benzene rings is 2. The number of carbonyl (C=O) groups excluding carboxylic acids is 2. The van der Waals surface area contributed by atoms with Crippen molar-refractivity contribution in [3.05, 3.63) is 83.7 Å². The number of fused-ring (bicyclic) bond motifs is 1. The van der Waals surface area contributed by atoms with Gasteiger partial charge in [0.05, 0.1) is 17.9 Å². The highest BCUT2D eigenvalue weighted by Gasteiger charge is 2.47. The maximum atomic E-state index is 13.2. The second kappa shape index (κ2) is 8.31. The minimum atomic E-state index is -0.908. The Balaban J connectivity index is 1.65. The van der Waals surface area contributed by atoms with E-state index < -0.39 is 17.7 Å². The van der Waals surface area contributed by atoms with Crippen LogP contribution in [0.1, 0.15) is 24.2 Å². The molecule has 1 unspecified atom stereocenters. The Labute approximate surface area is 189 Å². The zero-order valence-electron chi connectivity index (χ0n) is 17.7. The van der Waals surface area contributed by atoms with Crippen LogP contribution in [0.2, 0.25) is 0 Å². The van der Waals surface area contributed by atoms with Gasteiger partial charge >= 0.3 is 0 Å². The number of pyridine rings is 1. The third kappa shape index (κ3) is 3.55. The fourth-order valence-corrected chi connectivity index (χ4v) is 3.99. The number of Topliss-reactive ketones (excluding diaryl/α,β-unsaturated/α-hetero) is 1. The van der Waals surface area contributed by atoms with Crippen molar-refractivity contribution in [3.8, 4) is 17.2 Å². The van der Waals surface area contributed by atoms with E-state index in [-0.39, 0.29) is 18.1 Å². The molecule has 2 aliphatic heterocycles. The van der Waals surface area contributed by atoms with Crippen LogP contribution in [0, 0.1) is 0 Å². The van der Waals surface area contributed by atoms with Crippen LogP contribution in [0.15, 0.2) is 72.4 Å². The molecule has 1 N–H and O–H groups in total. The van der Waals surface area contributed by atoms with Crippen LogP contribution in [-0.4, -0.2) is 35.2 Å². The van der Waals surface area contributed by atoms with Crippen molar-refractivity contribution >= 4 is 23.1 Å². The lowest BCUT2D eigenvalue weighted by molar-refractivity contribution is -0.132. The minimum Gasteiger partial charge on any atom is -0.507 e. The molecular weight excluding hydrogens is 424 g/mol. The van der Waals surface area contributed by atoms with Gasteiger partial charge in [0, 0.05) is 17.4 Å². The molecule has 3 aromatic rings. The Bertz CT molecular complexity index is 1250. The molecule has 33 heavy (non-hydrogen) atoms. The maximum absolute atomic E-state index is 13.2. The van der Waals surface area contributed by atoms with Crippen molar-refractivity contribution < 1.29 is 28.9 Å². The minimum absolute atomic E-state index is 0.0496. The van der Waals surface area contributed by atoms with Gasteiger partial charge < -0.3 is 19.3 Å². The summed E-state index contributed by atoms with van der Waals surface area (Å²) in [5.74, 6) is -0.216. The Hall–Kier alpha value is -4.33. The van der Waals surface area contributed by atoms with E-state index in [4.69, 9.17) is 14.2 Å². The highest BCUT2D eigenvalue weighted by molar-refractivity contribution is 6.51. The van der Waals surface area contributed by atoms with E-state index in [2.05, 4.69) is 4.98 Å². The number of amides is 1. The van der Waals surface area contributed by atoms with Gasteiger partial charge in [0.1, 0.15) is 17.6 Å². The lowest BCUT2D eigenvalue weighted by Gasteiger charge is -2.24. The third-order valence-electron chi connectivity index (χ3n) is 5.48. The molecule has 166 valence electrons. The zero-order valence-corrected chi connectivity index (χ0v) is 17.7. The van der Waals surface area contributed by atoms with Crippen molar-refractivity contribution in [2.24, 2.45) is 0 Å². The smallest absolute Gasteiger partial charge is 0.300 e. The summed E-state index contributed by atoms with van der Waals surface area (Å²) in [5, 5.41) is 11.2. The number of aliphatic hydroxyl groups is 1. The van der Waals surface area contributed by atoms with Crippen LogP contribution < -0.4 is 19.1 Å². The van der Waals surface area contributed by atoms with Gasteiger partial charge in [-0.3, -0.25) is 19.5 Å². The van der Waals surface area contributed by atoms with Crippen molar-refractivity contribution in [2.45, 2.75) is 13.0 Å².